The molecule has 0 unspecified atom stereocenters. The summed E-state index contributed by atoms with van der Waals surface area (Å²) in [6.45, 7) is 3.56. The summed E-state index contributed by atoms with van der Waals surface area (Å²) in [6.07, 6.45) is 0. The second-order valence-electron chi connectivity index (χ2n) is 5.66. The first-order chi connectivity index (χ1) is 11.9. The van der Waals surface area contributed by atoms with Crippen LogP contribution in [0.25, 0.3) is 0 Å². The van der Waals surface area contributed by atoms with E-state index in [2.05, 4.69) is 0 Å². The Hall–Kier alpha value is -3.35. The van der Waals surface area contributed by atoms with Crippen LogP contribution in [0.4, 0.5) is 5.69 Å². The number of non-ortho nitro benzene ring substituents is 1. The highest BCUT2D eigenvalue weighted by Gasteiger charge is 2.29. The van der Waals surface area contributed by atoms with E-state index in [-0.39, 0.29) is 11.3 Å². The molecule has 0 aliphatic carbocycles. The molecule has 1 aromatic carbocycles. The molecule has 0 saturated carbocycles. The number of carboxylic acids is 1. The molecule has 2 heterocycles. The second-order valence-corrected chi connectivity index (χ2v) is 5.66. The number of nitro groups is 1. The van der Waals surface area contributed by atoms with E-state index >= 15 is 0 Å². The molecule has 0 radical (unpaired) electrons. The first-order valence-corrected chi connectivity index (χ1v) is 7.51. The summed E-state index contributed by atoms with van der Waals surface area (Å²) in [6, 6.07) is 10.8. The van der Waals surface area contributed by atoms with Crippen LogP contribution in [-0.4, -0.2) is 16.0 Å². The molecule has 3 rings (SSSR count). The Bertz CT molecular complexity index is 912. The van der Waals surface area contributed by atoms with Gasteiger partial charge in [-0.2, -0.15) is 0 Å². The van der Waals surface area contributed by atoms with Gasteiger partial charge >= 0.3 is 5.97 Å². The number of nitro benzene ring substituents is 1. The first kappa shape index (κ1) is 16.5. The number of aromatic carboxylic acids is 1. The molecule has 25 heavy (non-hydrogen) atoms. The summed E-state index contributed by atoms with van der Waals surface area (Å²) < 4.78 is 11.4. The summed E-state index contributed by atoms with van der Waals surface area (Å²) in [5.41, 5.74) is -0.0877. The third-order valence-electron chi connectivity index (χ3n) is 3.88. The maximum Gasteiger partial charge on any atom is 0.336 e. The van der Waals surface area contributed by atoms with Crippen LogP contribution in [0, 0.1) is 24.0 Å². The van der Waals surface area contributed by atoms with Crippen molar-refractivity contribution in [1.82, 2.24) is 0 Å². The lowest BCUT2D eigenvalue weighted by molar-refractivity contribution is -0.384. The molecule has 1 N–H and O–H groups in total. The topological polar surface area (TPSA) is 107 Å². The minimum Gasteiger partial charge on any atom is -0.478 e. The molecule has 0 aliphatic heterocycles. The molecule has 0 aliphatic rings. The van der Waals surface area contributed by atoms with Crippen LogP contribution in [0.2, 0.25) is 0 Å². The molecule has 0 spiro atoms. The summed E-state index contributed by atoms with van der Waals surface area (Å²) in [7, 11) is 0. The largest absolute Gasteiger partial charge is 0.478 e. The minimum atomic E-state index is -1.25. The summed E-state index contributed by atoms with van der Waals surface area (Å²) >= 11 is 0. The number of benzene rings is 1. The zero-order valence-electron chi connectivity index (χ0n) is 13.6. The van der Waals surface area contributed by atoms with Crippen molar-refractivity contribution in [3.05, 3.63) is 86.7 Å². The van der Waals surface area contributed by atoms with Gasteiger partial charge in [0.15, 0.2) is 0 Å². The SMILES string of the molecule is Cc1ccc(C(c2ccc(C)o2)c2ccc([N+](=O)[O-])cc2C(=O)O)o1. The van der Waals surface area contributed by atoms with Crippen LogP contribution < -0.4 is 0 Å². The number of aryl methyl sites for hydroxylation is 2. The van der Waals surface area contributed by atoms with E-state index in [4.69, 9.17) is 8.83 Å². The van der Waals surface area contributed by atoms with Crippen LogP contribution in [0.5, 0.6) is 0 Å². The summed E-state index contributed by atoms with van der Waals surface area (Å²) in [4.78, 5) is 22.0. The molecule has 2 aromatic heterocycles. The van der Waals surface area contributed by atoms with Crippen molar-refractivity contribution in [3.63, 3.8) is 0 Å². The van der Waals surface area contributed by atoms with Crippen LogP contribution in [0.15, 0.2) is 51.3 Å². The molecule has 0 bridgehead atoms. The number of carboxylic acid groups (broad SMARTS) is 1. The predicted molar refractivity (Wildman–Crippen MR) is 87.9 cm³/mol. The third kappa shape index (κ3) is 3.16. The van der Waals surface area contributed by atoms with E-state index in [0.29, 0.717) is 28.6 Å². The highest BCUT2D eigenvalue weighted by molar-refractivity contribution is 5.91. The van der Waals surface area contributed by atoms with Crippen LogP contribution >= 0.6 is 0 Å². The molecule has 128 valence electrons. The minimum absolute atomic E-state index is 0.165. The second kappa shape index (κ2) is 6.27. The quantitative estimate of drug-likeness (QED) is 0.548. The highest BCUT2D eigenvalue weighted by Crippen LogP contribution is 2.37. The monoisotopic (exact) mass is 341 g/mol. The van der Waals surface area contributed by atoms with Gasteiger partial charge in [0.05, 0.1) is 10.5 Å². The van der Waals surface area contributed by atoms with E-state index in [0.717, 1.165) is 6.07 Å². The Morgan fingerprint density at radius 3 is 2.00 bits per heavy atom. The van der Waals surface area contributed by atoms with Crippen molar-refractivity contribution in [1.29, 1.82) is 0 Å². The van der Waals surface area contributed by atoms with E-state index in [9.17, 15) is 20.0 Å². The van der Waals surface area contributed by atoms with E-state index in [1.165, 1.54) is 12.1 Å². The third-order valence-corrected chi connectivity index (χ3v) is 3.88. The number of furan rings is 2. The lowest BCUT2D eigenvalue weighted by Crippen LogP contribution is -2.10. The van der Waals surface area contributed by atoms with Gasteiger partial charge in [0, 0.05) is 12.1 Å². The smallest absolute Gasteiger partial charge is 0.336 e. The maximum absolute atomic E-state index is 11.7. The van der Waals surface area contributed by atoms with Crippen molar-refractivity contribution < 1.29 is 23.7 Å². The van der Waals surface area contributed by atoms with Crippen LogP contribution in [0.3, 0.4) is 0 Å². The van der Waals surface area contributed by atoms with Crippen molar-refractivity contribution in [2.75, 3.05) is 0 Å². The molecule has 3 aromatic rings. The highest BCUT2D eigenvalue weighted by atomic mass is 16.6. The molecule has 0 amide bonds. The Morgan fingerprint density at radius 1 is 1.04 bits per heavy atom. The van der Waals surface area contributed by atoms with Gasteiger partial charge in [0.2, 0.25) is 0 Å². The predicted octanol–water partition coefficient (Wildman–Crippen LogP) is 4.28. The zero-order valence-corrected chi connectivity index (χ0v) is 13.6. The summed E-state index contributed by atoms with van der Waals surface area (Å²) in [5.74, 6) is 0.472. The Kier molecular flexibility index (Phi) is 4.14. The lowest BCUT2D eigenvalue weighted by Gasteiger charge is -2.15. The van der Waals surface area contributed by atoms with E-state index < -0.39 is 16.8 Å². The van der Waals surface area contributed by atoms with Gasteiger partial charge in [-0.3, -0.25) is 10.1 Å². The number of hydrogen-bond donors (Lipinski definition) is 1. The van der Waals surface area contributed by atoms with Gasteiger partial charge in [0.1, 0.15) is 29.0 Å². The van der Waals surface area contributed by atoms with Crippen molar-refractivity contribution in [3.8, 4) is 0 Å². The van der Waals surface area contributed by atoms with Crippen LogP contribution in [0.1, 0.15) is 44.9 Å². The van der Waals surface area contributed by atoms with E-state index in [1.54, 1.807) is 38.1 Å². The number of rotatable bonds is 5. The molecule has 7 heteroatoms. The Labute approximate surface area is 142 Å². The average Bonchev–Trinajstić information content (AvgIpc) is 3.16. The van der Waals surface area contributed by atoms with Gasteiger partial charge in [-0.05, 0) is 43.7 Å². The van der Waals surface area contributed by atoms with Gasteiger partial charge in [0.25, 0.3) is 5.69 Å². The molecule has 7 nitrogen and oxygen atoms in total. The normalized spacial score (nSPS) is 11.0. The summed E-state index contributed by atoms with van der Waals surface area (Å²) in [5, 5.41) is 20.5. The van der Waals surface area contributed by atoms with Gasteiger partial charge in [-0.1, -0.05) is 6.07 Å². The number of hydrogen-bond acceptors (Lipinski definition) is 5. The molecular weight excluding hydrogens is 326 g/mol. The van der Waals surface area contributed by atoms with Crippen molar-refractivity contribution in [2.24, 2.45) is 0 Å². The fourth-order valence-corrected chi connectivity index (χ4v) is 2.76. The maximum atomic E-state index is 11.7. The zero-order chi connectivity index (χ0) is 18.1. The van der Waals surface area contributed by atoms with Gasteiger partial charge in [-0.25, -0.2) is 4.79 Å². The lowest BCUT2D eigenvalue weighted by atomic mass is 9.89. The van der Waals surface area contributed by atoms with Crippen molar-refractivity contribution in [2.45, 2.75) is 19.8 Å². The molecule has 0 atom stereocenters. The fraction of sp³-hybridized carbons (Fsp3) is 0.167. The van der Waals surface area contributed by atoms with Gasteiger partial charge < -0.3 is 13.9 Å². The molecule has 0 fully saturated rings. The fourth-order valence-electron chi connectivity index (χ4n) is 2.76. The molecule has 0 saturated heterocycles. The van der Waals surface area contributed by atoms with Crippen LogP contribution in [-0.2, 0) is 0 Å². The number of nitrogens with zero attached hydrogens (tertiary/aromatic N) is 1. The first-order valence-electron chi connectivity index (χ1n) is 7.51. The van der Waals surface area contributed by atoms with E-state index in [1.807, 2.05) is 0 Å². The molecular formula is C18H15NO6. The Balaban J connectivity index is 2.23. The average molecular weight is 341 g/mol. The van der Waals surface area contributed by atoms with Gasteiger partial charge in [-0.15, -0.1) is 0 Å². The Morgan fingerprint density at radius 2 is 1.60 bits per heavy atom. The number of carbonyl (C=O) groups is 1. The van der Waals surface area contributed by atoms with Crippen molar-refractivity contribution >= 4 is 11.7 Å². The standard InChI is InChI=1S/C18H15NO6/c1-10-3-7-15(24-10)17(16-8-4-11(2)25-16)13-6-5-12(19(22)23)9-14(13)18(20)21/h3-9,17H,1-2H3,(H,20,21).